The minimum absolute atomic E-state index is 0.111. The summed E-state index contributed by atoms with van der Waals surface area (Å²) in [7, 11) is 1.44. The SMILES string of the molecule is CNC(=O)CN(CC(O)C(O)C(O)CCO)C(=O)CCCSc1ccc(Cl)c(COC2(c3cnccc3-c3ccccc3OC3CC3)CC2)c1. The molecule has 2 fully saturated rings. The minimum Gasteiger partial charge on any atom is -0.490 e. The Hall–Kier alpha value is -3.23. The molecule has 5 N–H and O–H groups in total. The zero-order valence-corrected chi connectivity index (χ0v) is 29.7. The molecule has 0 saturated heterocycles. The topological polar surface area (TPSA) is 162 Å². The molecular weight excluding hydrogens is 682 g/mol. The summed E-state index contributed by atoms with van der Waals surface area (Å²) in [5, 5.41) is 42.6. The largest absolute Gasteiger partial charge is 0.490 e. The molecule has 13 heteroatoms. The Kier molecular flexibility index (Phi) is 13.5. The van der Waals surface area contributed by atoms with E-state index in [-0.39, 0.29) is 44.5 Å². The molecule has 0 spiro atoms. The van der Waals surface area contributed by atoms with Gasteiger partial charge in [0.05, 0.1) is 37.1 Å². The molecule has 1 heterocycles. The summed E-state index contributed by atoms with van der Waals surface area (Å²) in [6.07, 6.45) is 3.90. The summed E-state index contributed by atoms with van der Waals surface area (Å²) >= 11 is 8.18. The van der Waals surface area contributed by atoms with E-state index in [0.29, 0.717) is 23.8 Å². The highest BCUT2D eigenvalue weighted by Gasteiger charge is 2.48. The molecule has 0 aliphatic heterocycles. The number of hydrogen-bond acceptors (Lipinski definition) is 10. The van der Waals surface area contributed by atoms with Crippen molar-refractivity contribution in [1.82, 2.24) is 15.2 Å². The van der Waals surface area contributed by atoms with Crippen molar-refractivity contribution in [1.29, 1.82) is 0 Å². The van der Waals surface area contributed by atoms with Gasteiger partial charge in [-0.3, -0.25) is 14.6 Å². The van der Waals surface area contributed by atoms with E-state index < -0.39 is 29.8 Å². The van der Waals surface area contributed by atoms with E-state index in [0.717, 1.165) is 58.6 Å². The van der Waals surface area contributed by atoms with Crippen molar-refractivity contribution in [3.05, 3.63) is 77.1 Å². The van der Waals surface area contributed by atoms with E-state index in [1.165, 1.54) is 11.9 Å². The van der Waals surface area contributed by atoms with Gasteiger partial charge in [-0.15, -0.1) is 11.8 Å². The highest BCUT2D eigenvalue weighted by atomic mass is 35.5. The van der Waals surface area contributed by atoms with Gasteiger partial charge in [0.25, 0.3) is 0 Å². The van der Waals surface area contributed by atoms with Crippen LogP contribution in [0.4, 0.5) is 0 Å². The minimum atomic E-state index is -1.58. The predicted molar refractivity (Wildman–Crippen MR) is 191 cm³/mol. The van der Waals surface area contributed by atoms with Crippen LogP contribution in [0, 0.1) is 0 Å². The Balaban J connectivity index is 1.17. The highest BCUT2D eigenvalue weighted by Crippen LogP contribution is 2.53. The molecule has 2 amide bonds. The maximum Gasteiger partial charge on any atom is 0.239 e. The van der Waals surface area contributed by atoms with Crippen LogP contribution in [0.15, 0.2) is 65.8 Å². The molecule has 3 atom stereocenters. The van der Waals surface area contributed by atoms with Crippen LogP contribution < -0.4 is 10.1 Å². The molecule has 50 heavy (non-hydrogen) atoms. The molecule has 0 radical (unpaired) electrons. The van der Waals surface area contributed by atoms with Gasteiger partial charge >= 0.3 is 0 Å². The predicted octanol–water partition coefficient (Wildman–Crippen LogP) is 4.06. The summed E-state index contributed by atoms with van der Waals surface area (Å²) in [5.74, 6) is 0.681. The van der Waals surface area contributed by atoms with Crippen LogP contribution in [0.1, 0.15) is 56.1 Å². The van der Waals surface area contributed by atoms with Crippen molar-refractivity contribution < 1.29 is 39.5 Å². The van der Waals surface area contributed by atoms with Crippen LogP contribution in [-0.2, 0) is 26.5 Å². The number of rotatable bonds is 20. The third kappa shape index (κ3) is 10.2. The zero-order valence-electron chi connectivity index (χ0n) is 28.2. The molecule has 3 unspecified atom stereocenters. The first-order valence-electron chi connectivity index (χ1n) is 17.0. The number of halogens is 1. The van der Waals surface area contributed by atoms with Gasteiger partial charge in [0.15, 0.2) is 0 Å². The second kappa shape index (κ2) is 17.8. The lowest BCUT2D eigenvalue weighted by atomic mass is 9.96. The summed E-state index contributed by atoms with van der Waals surface area (Å²) in [6.45, 7) is -0.696. The van der Waals surface area contributed by atoms with E-state index in [2.05, 4.69) is 16.4 Å². The Labute approximate surface area is 302 Å². The number of amides is 2. The van der Waals surface area contributed by atoms with Gasteiger partial charge in [0, 0.05) is 60.1 Å². The summed E-state index contributed by atoms with van der Waals surface area (Å²) in [5.41, 5.74) is 3.51. The molecular formula is C37H46ClN3O8S. The maximum atomic E-state index is 13.0. The lowest BCUT2D eigenvalue weighted by molar-refractivity contribution is -0.140. The van der Waals surface area contributed by atoms with Crippen LogP contribution in [0.3, 0.4) is 0 Å². The first-order valence-corrected chi connectivity index (χ1v) is 18.4. The molecule has 2 aromatic carbocycles. The van der Waals surface area contributed by atoms with Crippen molar-refractivity contribution in [2.24, 2.45) is 0 Å². The lowest BCUT2D eigenvalue weighted by Crippen LogP contribution is -2.49. The third-order valence-electron chi connectivity index (χ3n) is 8.92. The van der Waals surface area contributed by atoms with Crippen LogP contribution in [0.5, 0.6) is 5.75 Å². The van der Waals surface area contributed by atoms with Gasteiger partial charge in [-0.1, -0.05) is 29.8 Å². The average molecular weight is 728 g/mol. The van der Waals surface area contributed by atoms with Crippen molar-refractivity contribution in [3.63, 3.8) is 0 Å². The molecule has 11 nitrogen and oxygen atoms in total. The van der Waals surface area contributed by atoms with E-state index in [1.54, 1.807) is 18.0 Å². The standard InChI is InChI=1S/C37H46ClN3O8S/c1-39-34(45)22-41(21-32(44)36(47)31(43)13-17-42)35(46)7-4-18-50-26-10-11-30(38)24(19-26)23-48-37(14-15-37)29-20-40-16-12-27(29)28-5-2-3-6-33(28)49-25-8-9-25/h2-3,5-6,10-12,16,19-20,25,31-32,36,42-44,47H,4,7-9,13-15,17-18,21-23H2,1H3,(H,39,45). The number of carbonyl (C=O) groups is 2. The van der Waals surface area contributed by atoms with E-state index in [1.807, 2.05) is 48.7 Å². The number of benzene rings is 2. The Morgan fingerprint density at radius 1 is 1.10 bits per heavy atom. The summed E-state index contributed by atoms with van der Waals surface area (Å²) < 4.78 is 12.8. The number of aliphatic hydroxyl groups is 4. The van der Waals surface area contributed by atoms with E-state index in [9.17, 15) is 24.9 Å². The zero-order chi connectivity index (χ0) is 35.7. The molecule has 270 valence electrons. The molecule has 2 aliphatic carbocycles. The smallest absolute Gasteiger partial charge is 0.239 e. The average Bonchev–Trinajstić information content (AvgIpc) is 4.07. The highest BCUT2D eigenvalue weighted by molar-refractivity contribution is 7.99. The molecule has 3 aromatic rings. The summed E-state index contributed by atoms with van der Waals surface area (Å²) in [6, 6.07) is 15.9. The van der Waals surface area contributed by atoms with Gasteiger partial charge in [0.1, 0.15) is 11.9 Å². The number of likely N-dealkylation sites (N-methyl/N-ethyl adjacent to an activating group) is 1. The Morgan fingerprint density at radius 2 is 1.88 bits per heavy atom. The molecule has 1 aromatic heterocycles. The van der Waals surface area contributed by atoms with Crippen molar-refractivity contribution in [2.75, 3.05) is 32.5 Å². The van der Waals surface area contributed by atoms with Crippen LogP contribution in [-0.4, -0.2) is 99.0 Å². The van der Waals surface area contributed by atoms with E-state index in [4.69, 9.17) is 26.2 Å². The molecule has 0 bridgehead atoms. The van der Waals surface area contributed by atoms with Gasteiger partial charge < -0.3 is 40.1 Å². The number of pyridine rings is 1. The third-order valence-corrected chi connectivity index (χ3v) is 10.4. The number of aromatic nitrogens is 1. The molecule has 2 aliphatic rings. The van der Waals surface area contributed by atoms with Gasteiger partial charge in [-0.2, -0.15) is 0 Å². The maximum absolute atomic E-state index is 13.0. The Bertz CT molecular complexity index is 1600. The lowest BCUT2D eigenvalue weighted by Gasteiger charge is -2.29. The van der Waals surface area contributed by atoms with Crippen LogP contribution >= 0.6 is 23.4 Å². The number of hydrogen-bond donors (Lipinski definition) is 5. The van der Waals surface area contributed by atoms with Gasteiger partial charge in [-0.25, -0.2) is 0 Å². The molecule has 5 rings (SSSR count). The van der Waals surface area contributed by atoms with Crippen LogP contribution in [0.25, 0.3) is 11.1 Å². The van der Waals surface area contributed by atoms with Crippen molar-refractivity contribution in [3.8, 4) is 16.9 Å². The van der Waals surface area contributed by atoms with Crippen LogP contribution in [0.2, 0.25) is 5.02 Å². The first kappa shape index (κ1) is 38.0. The number of ether oxygens (including phenoxy) is 2. The second-order valence-electron chi connectivity index (χ2n) is 12.8. The number of nitrogens with zero attached hydrogens (tertiary/aromatic N) is 2. The second-order valence-corrected chi connectivity index (χ2v) is 14.4. The number of para-hydroxylation sites is 1. The number of aliphatic hydroxyl groups excluding tert-OH is 4. The van der Waals surface area contributed by atoms with E-state index >= 15 is 0 Å². The number of nitrogens with one attached hydrogen (secondary N) is 1. The number of thioether (sulfide) groups is 1. The normalized spacial score (nSPS) is 16.7. The Morgan fingerprint density at radius 3 is 2.60 bits per heavy atom. The number of carbonyl (C=O) groups excluding carboxylic acids is 2. The van der Waals surface area contributed by atoms with Gasteiger partial charge in [0.2, 0.25) is 11.8 Å². The quantitative estimate of drug-likeness (QED) is 0.0848. The fraction of sp³-hybridized carbons (Fsp3) is 0.486. The monoisotopic (exact) mass is 727 g/mol. The van der Waals surface area contributed by atoms with Gasteiger partial charge in [-0.05, 0) is 85.7 Å². The fourth-order valence-corrected chi connectivity index (χ4v) is 6.78. The van der Waals surface area contributed by atoms with Crippen molar-refractivity contribution in [2.45, 2.75) is 86.5 Å². The first-order chi connectivity index (χ1) is 24.1. The molecule has 2 saturated carbocycles. The summed E-state index contributed by atoms with van der Waals surface area (Å²) in [4.78, 5) is 31.7. The fourth-order valence-electron chi connectivity index (χ4n) is 5.69. The van der Waals surface area contributed by atoms with Crippen molar-refractivity contribution >= 4 is 35.2 Å².